The molecule has 1 fully saturated rings. The van der Waals surface area contributed by atoms with E-state index in [2.05, 4.69) is 27.3 Å². The third-order valence-corrected chi connectivity index (χ3v) is 8.80. The Kier molecular flexibility index (Phi) is 4.22. The maximum absolute atomic E-state index is 6.48. The van der Waals surface area contributed by atoms with Crippen molar-refractivity contribution in [1.82, 2.24) is 0 Å². The van der Waals surface area contributed by atoms with E-state index in [4.69, 9.17) is 15.9 Å². The van der Waals surface area contributed by atoms with Crippen molar-refractivity contribution >= 4 is 8.32 Å². The molecular weight excluding hydrogens is 216 g/mol. The summed E-state index contributed by atoms with van der Waals surface area (Å²) in [5, 5.41) is 0. The Labute approximate surface area is 101 Å². The Hall–Kier alpha value is 0.0969. The van der Waals surface area contributed by atoms with Crippen LogP contribution < -0.4 is 11.5 Å². The molecule has 3 nitrogen and oxygen atoms in total. The summed E-state index contributed by atoms with van der Waals surface area (Å²) in [5.41, 5.74) is 12.4. The lowest BCUT2D eigenvalue weighted by atomic mass is 9.83. The Bertz CT molecular complexity index is 249. The van der Waals surface area contributed by atoms with Gasteiger partial charge in [-0.1, -0.05) is 13.8 Å². The van der Waals surface area contributed by atoms with Crippen LogP contribution in [0.4, 0.5) is 0 Å². The Morgan fingerprint density at radius 2 is 2.06 bits per heavy atom. The summed E-state index contributed by atoms with van der Waals surface area (Å²) in [6.07, 6.45) is 2.21. The van der Waals surface area contributed by atoms with Crippen molar-refractivity contribution < 1.29 is 4.43 Å². The lowest BCUT2D eigenvalue weighted by Crippen LogP contribution is -2.65. The minimum absolute atomic E-state index is 0.0682. The van der Waals surface area contributed by atoms with E-state index in [0.29, 0.717) is 5.92 Å². The van der Waals surface area contributed by atoms with Gasteiger partial charge in [-0.25, -0.2) is 0 Å². The molecule has 0 aromatic carbocycles. The molecule has 0 amide bonds. The standard InChI is InChI=1S/C12H28N2OSi/c1-6-11(14)16(5)8-7-9(2)12(4,15-16)10(3)13/h9-11H,6-8,13-14H2,1-5H3. The SMILES string of the molecule is CCC(N)[Si]1(C)CCC(C)C(C)(C(C)N)O1. The fourth-order valence-electron chi connectivity index (χ4n) is 2.68. The van der Waals surface area contributed by atoms with Gasteiger partial charge >= 0.3 is 0 Å². The van der Waals surface area contributed by atoms with Gasteiger partial charge in [0.15, 0.2) is 0 Å². The highest BCUT2D eigenvalue weighted by atomic mass is 28.4. The summed E-state index contributed by atoms with van der Waals surface area (Å²) in [4.78, 5) is 0. The molecule has 0 bridgehead atoms. The molecule has 1 aliphatic heterocycles. The lowest BCUT2D eigenvalue weighted by molar-refractivity contribution is -0.0166. The van der Waals surface area contributed by atoms with E-state index in [9.17, 15) is 0 Å². The summed E-state index contributed by atoms with van der Waals surface area (Å²) in [5.74, 6) is 0.525. The highest BCUT2D eigenvalue weighted by Crippen LogP contribution is 2.40. The van der Waals surface area contributed by atoms with E-state index in [0.717, 1.165) is 6.42 Å². The topological polar surface area (TPSA) is 61.3 Å². The molecule has 0 aliphatic carbocycles. The number of hydrogen-bond donors (Lipinski definition) is 2. The van der Waals surface area contributed by atoms with Crippen LogP contribution in [-0.2, 0) is 4.43 Å². The van der Waals surface area contributed by atoms with Crippen LogP contribution in [0.1, 0.15) is 40.5 Å². The van der Waals surface area contributed by atoms with E-state index in [1.54, 1.807) is 0 Å². The first-order valence-electron chi connectivity index (χ1n) is 6.47. The van der Waals surface area contributed by atoms with Crippen molar-refractivity contribution in [3.05, 3.63) is 0 Å². The van der Waals surface area contributed by atoms with E-state index >= 15 is 0 Å². The predicted octanol–water partition coefficient (Wildman–Crippen LogP) is 2.00. The van der Waals surface area contributed by atoms with Gasteiger partial charge in [0.05, 0.1) is 5.60 Å². The van der Waals surface area contributed by atoms with Crippen molar-refractivity contribution in [3.63, 3.8) is 0 Å². The number of nitrogens with two attached hydrogens (primary N) is 2. The maximum atomic E-state index is 6.48. The molecule has 4 N–H and O–H groups in total. The van der Waals surface area contributed by atoms with Gasteiger partial charge in [0.2, 0.25) is 8.32 Å². The summed E-state index contributed by atoms with van der Waals surface area (Å²) in [6, 6.07) is 1.24. The van der Waals surface area contributed by atoms with Gasteiger partial charge < -0.3 is 15.9 Å². The monoisotopic (exact) mass is 244 g/mol. The fourth-order valence-corrected chi connectivity index (χ4v) is 6.56. The molecule has 5 unspecified atom stereocenters. The van der Waals surface area contributed by atoms with Crippen LogP contribution >= 0.6 is 0 Å². The van der Waals surface area contributed by atoms with Crippen LogP contribution in [0, 0.1) is 5.92 Å². The first kappa shape index (κ1) is 14.2. The average molecular weight is 244 g/mol. The van der Waals surface area contributed by atoms with Crippen molar-refractivity contribution in [2.45, 2.75) is 70.4 Å². The van der Waals surface area contributed by atoms with Crippen LogP contribution in [-0.4, -0.2) is 25.6 Å². The van der Waals surface area contributed by atoms with Crippen LogP contribution in [0.5, 0.6) is 0 Å². The molecule has 1 rings (SSSR count). The van der Waals surface area contributed by atoms with Crippen LogP contribution in [0.15, 0.2) is 0 Å². The van der Waals surface area contributed by atoms with Crippen molar-refractivity contribution in [3.8, 4) is 0 Å². The second-order valence-corrected chi connectivity index (χ2v) is 9.91. The van der Waals surface area contributed by atoms with Gasteiger partial charge in [-0.15, -0.1) is 0 Å². The molecule has 1 heterocycles. The highest BCUT2D eigenvalue weighted by molar-refractivity contribution is 6.74. The zero-order valence-corrected chi connectivity index (χ0v) is 12.4. The van der Waals surface area contributed by atoms with Gasteiger partial charge in [0.1, 0.15) is 0 Å². The van der Waals surface area contributed by atoms with Gasteiger partial charge in [-0.3, -0.25) is 0 Å². The molecule has 0 spiro atoms. The summed E-state index contributed by atoms with van der Waals surface area (Å²) in [6.45, 7) is 10.9. The Morgan fingerprint density at radius 3 is 2.50 bits per heavy atom. The highest BCUT2D eigenvalue weighted by Gasteiger charge is 2.50. The third-order valence-electron chi connectivity index (χ3n) is 4.63. The quantitative estimate of drug-likeness (QED) is 0.747. The minimum atomic E-state index is -1.78. The molecule has 0 aromatic rings. The number of hydrogen-bond acceptors (Lipinski definition) is 3. The number of rotatable bonds is 3. The zero-order valence-electron chi connectivity index (χ0n) is 11.4. The fraction of sp³-hybridized carbons (Fsp3) is 1.00. The normalized spacial score (nSPS) is 44.1. The molecule has 0 radical (unpaired) electrons. The Balaban J connectivity index is 2.90. The second kappa shape index (κ2) is 4.76. The lowest BCUT2D eigenvalue weighted by Gasteiger charge is -2.52. The van der Waals surface area contributed by atoms with Gasteiger partial charge in [-0.05, 0) is 45.2 Å². The molecule has 5 atom stereocenters. The van der Waals surface area contributed by atoms with Gasteiger partial charge in [0.25, 0.3) is 0 Å². The summed E-state index contributed by atoms with van der Waals surface area (Å²) in [7, 11) is -1.78. The summed E-state index contributed by atoms with van der Waals surface area (Å²) < 4.78 is 6.48. The van der Waals surface area contributed by atoms with E-state index in [1.165, 1.54) is 12.5 Å². The van der Waals surface area contributed by atoms with Crippen LogP contribution in [0.2, 0.25) is 12.6 Å². The van der Waals surface area contributed by atoms with E-state index in [-0.39, 0.29) is 17.3 Å². The Morgan fingerprint density at radius 1 is 1.50 bits per heavy atom. The zero-order chi connectivity index (χ0) is 12.6. The van der Waals surface area contributed by atoms with Crippen molar-refractivity contribution in [1.29, 1.82) is 0 Å². The van der Waals surface area contributed by atoms with Crippen molar-refractivity contribution in [2.75, 3.05) is 0 Å². The van der Waals surface area contributed by atoms with Crippen LogP contribution in [0.3, 0.4) is 0 Å². The van der Waals surface area contributed by atoms with Crippen LogP contribution in [0.25, 0.3) is 0 Å². The molecule has 4 heteroatoms. The summed E-state index contributed by atoms with van der Waals surface area (Å²) >= 11 is 0. The average Bonchev–Trinajstić information content (AvgIpc) is 2.22. The minimum Gasteiger partial charge on any atom is -0.408 e. The molecule has 1 saturated heterocycles. The first-order valence-corrected chi connectivity index (χ1v) is 9.17. The van der Waals surface area contributed by atoms with E-state index < -0.39 is 8.32 Å². The molecule has 16 heavy (non-hydrogen) atoms. The predicted molar refractivity (Wildman–Crippen MR) is 71.6 cm³/mol. The third kappa shape index (κ3) is 2.35. The second-order valence-electron chi connectivity index (χ2n) is 5.84. The molecule has 0 saturated carbocycles. The first-order chi connectivity index (χ1) is 7.26. The van der Waals surface area contributed by atoms with Crippen molar-refractivity contribution in [2.24, 2.45) is 17.4 Å². The largest absolute Gasteiger partial charge is 0.408 e. The van der Waals surface area contributed by atoms with E-state index in [1.807, 2.05) is 6.92 Å². The molecular formula is C12H28N2OSi. The molecule has 0 aromatic heterocycles. The molecule has 1 aliphatic rings. The smallest absolute Gasteiger partial charge is 0.206 e. The molecule has 96 valence electrons. The van der Waals surface area contributed by atoms with Gasteiger partial charge in [0, 0.05) is 11.7 Å². The van der Waals surface area contributed by atoms with Gasteiger partial charge in [-0.2, -0.15) is 0 Å². The maximum Gasteiger partial charge on any atom is 0.206 e.